The molecule has 0 bridgehead atoms. The molecule has 0 saturated heterocycles. The van der Waals surface area contributed by atoms with E-state index in [1.165, 1.54) is 11.8 Å². The second-order valence-electron chi connectivity index (χ2n) is 4.88. The van der Waals surface area contributed by atoms with E-state index >= 15 is 0 Å². The molecule has 7 heteroatoms. The van der Waals surface area contributed by atoms with Gasteiger partial charge in [-0.2, -0.15) is 0 Å². The van der Waals surface area contributed by atoms with E-state index in [1.54, 1.807) is 7.05 Å². The van der Waals surface area contributed by atoms with E-state index in [1.807, 2.05) is 48.5 Å². The van der Waals surface area contributed by atoms with E-state index in [0.717, 1.165) is 15.5 Å². The second-order valence-corrected chi connectivity index (χ2v) is 6.43. The molecule has 0 aromatic heterocycles. The molecular weight excluding hydrogens is 346 g/mol. The molecule has 0 spiro atoms. The van der Waals surface area contributed by atoms with E-state index in [4.69, 9.17) is 11.6 Å². The van der Waals surface area contributed by atoms with Crippen LogP contribution in [0.3, 0.4) is 0 Å². The summed E-state index contributed by atoms with van der Waals surface area (Å²) in [6.45, 7) is 0.165. The summed E-state index contributed by atoms with van der Waals surface area (Å²) in [6, 6.07) is 15.1. The number of amides is 2. The topological polar surface area (TPSA) is 70.2 Å². The number of benzene rings is 2. The Morgan fingerprint density at radius 2 is 1.67 bits per heavy atom. The molecule has 2 rings (SSSR count). The van der Waals surface area contributed by atoms with Crippen LogP contribution in [0.2, 0.25) is 5.02 Å². The van der Waals surface area contributed by atoms with Gasteiger partial charge in [-0.15, -0.1) is 0 Å². The minimum Gasteiger partial charge on any atom is -0.358 e. The predicted molar refractivity (Wildman–Crippen MR) is 97.6 cm³/mol. The van der Waals surface area contributed by atoms with Crippen molar-refractivity contribution in [2.75, 3.05) is 25.5 Å². The molecular formula is C17H18ClN3O2S. The molecule has 0 fully saturated rings. The van der Waals surface area contributed by atoms with Crippen LogP contribution in [0.15, 0.2) is 58.3 Å². The molecule has 2 aromatic carbocycles. The van der Waals surface area contributed by atoms with Crippen molar-refractivity contribution >= 4 is 40.9 Å². The number of likely N-dealkylation sites (N-methyl/N-ethyl adjacent to an activating group) is 1. The van der Waals surface area contributed by atoms with Crippen LogP contribution in [0.1, 0.15) is 0 Å². The molecule has 0 unspecified atom stereocenters. The number of anilines is 1. The Hall–Kier alpha value is -2.02. The largest absolute Gasteiger partial charge is 0.358 e. The minimum absolute atomic E-state index is 0.0629. The van der Waals surface area contributed by atoms with Gasteiger partial charge in [0.05, 0.1) is 18.8 Å². The molecule has 0 atom stereocenters. The van der Waals surface area contributed by atoms with Gasteiger partial charge in [0.25, 0.3) is 0 Å². The van der Waals surface area contributed by atoms with Crippen LogP contribution in [0.5, 0.6) is 0 Å². The van der Waals surface area contributed by atoms with Crippen molar-refractivity contribution in [3.05, 3.63) is 53.6 Å². The van der Waals surface area contributed by atoms with E-state index in [2.05, 4.69) is 16.0 Å². The van der Waals surface area contributed by atoms with Crippen LogP contribution in [0, 0.1) is 0 Å². The third kappa shape index (κ3) is 5.88. The number of carbonyl (C=O) groups excluding carboxylic acids is 2. The van der Waals surface area contributed by atoms with Crippen LogP contribution in [0.4, 0.5) is 5.69 Å². The van der Waals surface area contributed by atoms with Crippen molar-refractivity contribution in [1.29, 1.82) is 0 Å². The van der Waals surface area contributed by atoms with Gasteiger partial charge in [-0.05, 0) is 36.4 Å². The summed E-state index contributed by atoms with van der Waals surface area (Å²) < 4.78 is 0. The molecule has 0 heterocycles. The highest BCUT2D eigenvalue weighted by atomic mass is 35.5. The highest BCUT2D eigenvalue weighted by Gasteiger charge is 2.08. The number of rotatable bonds is 7. The molecule has 24 heavy (non-hydrogen) atoms. The average molecular weight is 364 g/mol. The maximum Gasteiger partial charge on any atom is 0.238 e. The number of para-hydroxylation sites is 1. The molecule has 2 amide bonds. The fourth-order valence-corrected chi connectivity index (χ4v) is 2.89. The van der Waals surface area contributed by atoms with Gasteiger partial charge in [-0.1, -0.05) is 35.5 Å². The standard InChI is InChI=1S/C17H18ClN3O2S/c1-19-16(22)10-20-11-17(23)21-14-4-2-3-5-15(14)24-13-8-6-12(18)7-9-13/h2-9,20H,10-11H2,1H3,(H,19,22)(H,21,23). The van der Waals surface area contributed by atoms with Gasteiger partial charge in [0.15, 0.2) is 0 Å². The SMILES string of the molecule is CNC(=O)CNCC(=O)Nc1ccccc1Sc1ccc(Cl)cc1. The normalized spacial score (nSPS) is 10.2. The highest BCUT2D eigenvalue weighted by Crippen LogP contribution is 2.33. The molecule has 3 N–H and O–H groups in total. The Kier molecular flexibility index (Phi) is 7.11. The zero-order chi connectivity index (χ0) is 17.4. The minimum atomic E-state index is -0.206. The zero-order valence-corrected chi connectivity index (χ0v) is 14.7. The predicted octanol–water partition coefficient (Wildman–Crippen LogP) is 2.77. The average Bonchev–Trinajstić information content (AvgIpc) is 2.58. The third-order valence-corrected chi connectivity index (χ3v) is 4.39. The summed E-state index contributed by atoms with van der Waals surface area (Å²) >= 11 is 7.43. The first kappa shape index (κ1) is 18.3. The molecule has 0 aliphatic carbocycles. The Balaban J connectivity index is 1.96. The number of hydrogen-bond donors (Lipinski definition) is 3. The number of carbonyl (C=O) groups is 2. The number of halogens is 1. The van der Waals surface area contributed by atoms with Crippen LogP contribution < -0.4 is 16.0 Å². The molecule has 0 aliphatic rings. The zero-order valence-electron chi connectivity index (χ0n) is 13.1. The summed E-state index contributed by atoms with van der Waals surface area (Å²) in [7, 11) is 1.55. The molecule has 126 valence electrons. The third-order valence-electron chi connectivity index (χ3n) is 3.05. The smallest absolute Gasteiger partial charge is 0.238 e. The Morgan fingerprint density at radius 1 is 1.00 bits per heavy atom. The van der Waals surface area contributed by atoms with E-state index < -0.39 is 0 Å². The van der Waals surface area contributed by atoms with Gasteiger partial charge in [0.2, 0.25) is 11.8 Å². The lowest BCUT2D eigenvalue weighted by Crippen LogP contribution is -2.36. The first-order chi connectivity index (χ1) is 11.6. The van der Waals surface area contributed by atoms with Crippen molar-refractivity contribution in [3.63, 3.8) is 0 Å². The van der Waals surface area contributed by atoms with E-state index in [0.29, 0.717) is 5.02 Å². The first-order valence-corrected chi connectivity index (χ1v) is 8.51. The Morgan fingerprint density at radius 3 is 2.38 bits per heavy atom. The summed E-state index contributed by atoms with van der Waals surface area (Å²) in [5.41, 5.74) is 0.726. The quantitative estimate of drug-likeness (QED) is 0.707. The Bertz CT molecular complexity index is 707. The number of hydrogen-bond acceptors (Lipinski definition) is 4. The van der Waals surface area contributed by atoms with Gasteiger partial charge in [0.1, 0.15) is 0 Å². The van der Waals surface area contributed by atoms with Gasteiger partial charge < -0.3 is 10.6 Å². The summed E-state index contributed by atoms with van der Waals surface area (Å²) in [4.78, 5) is 25.1. The van der Waals surface area contributed by atoms with Crippen LogP contribution in [-0.2, 0) is 9.59 Å². The highest BCUT2D eigenvalue weighted by molar-refractivity contribution is 7.99. The second kappa shape index (κ2) is 9.32. The maximum atomic E-state index is 12.0. The van der Waals surface area contributed by atoms with Gasteiger partial charge >= 0.3 is 0 Å². The lowest BCUT2D eigenvalue weighted by atomic mass is 10.3. The van der Waals surface area contributed by atoms with E-state index in [-0.39, 0.29) is 24.9 Å². The lowest BCUT2D eigenvalue weighted by Gasteiger charge is -2.11. The lowest BCUT2D eigenvalue weighted by molar-refractivity contribution is -0.119. The van der Waals surface area contributed by atoms with E-state index in [9.17, 15) is 9.59 Å². The molecule has 0 radical (unpaired) electrons. The molecule has 5 nitrogen and oxygen atoms in total. The van der Waals surface area contributed by atoms with Gasteiger partial charge in [-0.25, -0.2) is 0 Å². The molecule has 0 aliphatic heterocycles. The Labute approximate surface area is 150 Å². The fourth-order valence-electron chi connectivity index (χ4n) is 1.86. The summed E-state index contributed by atoms with van der Waals surface area (Å²) in [5, 5.41) is 8.81. The van der Waals surface area contributed by atoms with Crippen molar-refractivity contribution in [2.45, 2.75) is 9.79 Å². The van der Waals surface area contributed by atoms with Gasteiger partial charge in [-0.3, -0.25) is 14.9 Å². The van der Waals surface area contributed by atoms with Crippen molar-refractivity contribution < 1.29 is 9.59 Å². The fraction of sp³-hybridized carbons (Fsp3) is 0.176. The van der Waals surface area contributed by atoms with Gasteiger partial charge in [0, 0.05) is 21.9 Å². The monoisotopic (exact) mass is 363 g/mol. The van der Waals surface area contributed by atoms with Crippen LogP contribution in [0.25, 0.3) is 0 Å². The molecule has 0 saturated carbocycles. The summed E-state index contributed by atoms with van der Waals surface area (Å²) in [5.74, 6) is -0.371. The van der Waals surface area contributed by atoms with Crippen molar-refractivity contribution in [3.8, 4) is 0 Å². The van der Waals surface area contributed by atoms with Crippen LogP contribution in [-0.4, -0.2) is 32.0 Å². The summed E-state index contributed by atoms with van der Waals surface area (Å²) in [6.07, 6.45) is 0. The molecule has 2 aromatic rings. The maximum absolute atomic E-state index is 12.0. The van der Waals surface area contributed by atoms with Crippen LogP contribution >= 0.6 is 23.4 Å². The first-order valence-electron chi connectivity index (χ1n) is 7.32. The van der Waals surface area contributed by atoms with Crippen molar-refractivity contribution in [2.24, 2.45) is 0 Å². The van der Waals surface area contributed by atoms with Crippen molar-refractivity contribution in [1.82, 2.24) is 10.6 Å². The number of nitrogens with one attached hydrogen (secondary N) is 3.